The number of amides is 1. The maximum absolute atomic E-state index is 13.8. The summed E-state index contributed by atoms with van der Waals surface area (Å²) in [6, 6.07) is 32.1. The molecule has 1 N–H and O–H groups in total. The van der Waals surface area contributed by atoms with Crippen molar-refractivity contribution in [3.05, 3.63) is 119 Å². The third kappa shape index (κ3) is 9.48. The van der Waals surface area contributed by atoms with Gasteiger partial charge in [0.2, 0.25) is 0 Å². The van der Waals surface area contributed by atoms with Crippen LogP contribution in [0, 0.1) is 0 Å². The van der Waals surface area contributed by atoms with E-state index in [9.17, 15) is 4.79 Å². The normalized spacial score (nSPS) is 14.6. The summed E-state index contributed by atoms with van der Waals surface area (Å²) < 4.78 is 6.08. The lowest BCUT2D eigenvalue weighted by Crippen LogP contribution is -2.46. The molecule has 1 amide bonds. The van der Waals surface area contributed by atoms with Crippen molar-refractivity contribution in [3.8, 4) is 5.75 Å². The number of rotatable bonds is 16. The smallest absolute Gasteiger partial charge is 0.258 e. The summed E-state index contributed by atoms with van der Waals surface area (Å²) in [4.78, 5) is 20.7. The van der Waals surface area contributed by atoms with Crippen LogP contribution < -0.4 is 19.9 Å². The molecule has 0 atom stereocenters. The van der Waals surface area contributed by atoms with Gasteiger partial charge in [-0.2, -0.15) is 0 Å². The fourth-order valence-electron chi connectivity index (χ4n) is 7.30. The van der Waals surface area contributed by atoms with Crippen LogP contribution in [0.5, 0.6) is 5.75 Å². The molecule has 4 aromatic carbocycles. The highest BCUT2D eigenvalue weighted by molar-refractivity contribution is 6.07. The highest BCUT2D eigenvalue weighted by Gasteiger charge is 2.26. The topological polar surface area (TPSA) is 48.1 Å². The Kier molecular flexibility index (Phi) is 12.5. The number of unbranched alkanes of at least 4 members (excludes halogenated alkanes) is 5. The number of anilines is 3. The largest absolute Gasteiger partial charge is 0.489 e. The summed E-state index contributed by atoms with van der Waals surface area (Å²) in [6.45, 7) is 12.6. The Morgan fingerprint density at radius 2 is 1.50 bits per heavy atom. The van der Waals surface area contributed by atoms with Gasteiger partial charge >= 0.3 is 0 Å². The monoisotopic (exact) mass is 672 g/mol. The second-order valence-electron chi connectivity index (χ2n) is 14.3. The molecule has 2 aliphatic heterocycles. The van der Waals surface area contributed by atoms with Crippen molar-refractivity contribution in [2.24, 2.45) is 0 Å². The Morgan fingerprint density at radius 3 is 2.30 bits per heavy atom. The van der Waals surface area contributed by atoms with Crippen molar-refractivity contribution < 1.29 is 9.53 Å². The summed E-state index contributed by atoms with van der Waals surface area (Å²) in [6.07, 6.45) is 10.2. The van der Waals surface area contributed by atoms with Crippen LogP contribution in [0.4, 0.5) is 17.1 Å². The summed E-state index contributed by atoms with van der Waals surface area (Å²) in [5.41, 5.74) is 9.20. The second-order valence-corrected chi connectivity index (χ2v) is 14.3. The first-order chi connectivity index (χ1) is 24.5. The van der Waals surface area contributed by atoms with E-state index < -0.39 is 0 Å². The van der Waals surface area contributed by atoms with Crippen LogP contribution in [-0.4, -0.2) is 49.6 Å². The van der Waals surface area contributed by atoms with E-state index in [4.69, 9.17) is 4.74 Å². The molecule has 1 saturated heterocycles. The van der Waals surface area contributed by atoms with Crippen LogP contribution in [0.3, 0.4) is 0 Å². The number of ether oxygens (including phenoxy) is 1. The summed E-state index contributed by atoms with van der Waals surface area (Å²) in [7, 11) is 0. The van der Waals surface area contributed by atoms with Gasteiger partial charge in [0.1, 0.15) is 5.75 Å². The van der Waals surface area contributed by atoms with Crippen LogP contribution in [0.25, 0.3) is 0 Å². The van der Waals surface area contributed by atoms with E-state index in [1.807, 2.05) is 23.1 Å². The van der Waals surface area contributed by atoms with E-state index >= 15 is 0 Å². The number of nitrogens with one attached hydrogen (secondary N) is 1. The standard InChI is InChI=1S/C44H56N4O2/c1-4-5-6-7-8-9-13-35-18-20-36(21-19-35)32-45-40-22-23-41-38(31-40)24-25-48(41)44(49)39-15-12-14-37(30-39)33-46-26-28-47(29-27-46)42-16-10-11-17-43(42)50-34(2)3/h10-12,14-23,30-31,34,45H,4-9,13,24-29,32-33H2,1-3H3. The second kappa shape index (κ2) is 17.6. The minimum absolute atomic E-state index is 0.0823. The number of fused-ring (bicyclic) bond motifs is 1. The summed E-state index contributed by atoms with van der Waals surface area (Å²) in [5, 5.41) is 3.61. The van der Waals surface area contributed by atoms with Gasteiger partial charge in [-0.15, -0.1) is 0 Å². The maximum atomic E-state index is 13.8. The number of carbonyl (C=O) groups is 1. The van der Waals surface area contributed by atoms with Gasteiger partial charge in [-0.25, -0.2) is 0 Å². The van der Waals surface area contributed by atoms with Crippen molar-refractivity contribution >= 4 is 23.0 Å². The Morgan fingerprint density at radius 1 is 0.740 bits per heavy atom. The molecule has 2 aliphatic rings. The molecule has 6 heteroatoms. The molecule has 50 heavy (non-hydrogen) atoms. The Hall–Kier alpha value is -4.29. The Balaban J connectivity index is 0.986. The number of aryl methyl sites for hydroxylation is 1. The molecule has 4 aromatic rings. The van der Waals surface area contributed by atoms with Crippen LogP contribution in [0.1, 0.15) is 91.9 Å². The molecule has 0 bridgehead atoms. The van der Waals surface area contributed by atoms with Gasteiger partial charge in [0.25, 0.3) is 5.91 Å². The predicted octanol–water partition coefficient (Wildman–Crippen LogP) is 9.51. The number of nitrogens with zero attached hydrogens (tertiary/aromatic N) is 3. The van der Waals surface area contributed by atoms with E-state index in [0.29, 0.717) is 6.54 Å². The number of hydrogen-bond acceptors (Lipinski definition) is 5. The van der Waals surface area contributed by atoms with Gasteiger partial charge in [-0.3, -0.25) is 9.69 Å². The average molecular weight is 673 g/mol. The lowest BCUT2D eigenvalue weighted by Gasteiger charge is -2.37. The van der Waals surface area contributed by atoms with Crippen LogP contribution >= 0.6 is 0 Å². The van der Waals surface area contributed by atoms with Crippen LogP contribution in [0.2, 0.25) is 0 Å². The number of piperazine rings is 1. The van der Waals surface area contributed by atoms with Gasteiger partial charge < -0.3 is 19.9 Å². The molecular weight excluding hydrogens is 617 g/mol. The number of benzene rings is 4. The Bertz CT molecular complexity index is 1680. The molecule has 0 radical (unpaired) electrons. The van der Waals surface area contributed by atoms with E-state index in [0.717, 1.165) is 68.4 Å². The van der Waals surface area contributed by atoms with Gasteiger partial charge in [-0.1, -0.05) is 87.6 Å². The molecule has 6 rings (SSSR count). The summed E-state index contributed by atoms with van der Waals surface area (Å²) >= 11 is 0. The van der Waals surface area contributed by atoms with Crippen molar-refractivity contribution in [2.75, 3.05) is 47.8 Å². The molecule has 0 aromatic heterocycles. The number of carbonyl (C=O) groups excluding carboxylic acids is 1. The quantitative estimate of drug-likeness (QED) is 0.120. The molecule has 0 spiro atoms. The number of para-hydroxylation sites is 2. The first-order valence-corrected chi connectivity index (χ1v) is 19.0. The lowest BCUT2D eigenvalue weighted by atomic mass is 10.0. The molecule has 0 saturated carbocycles. The van der Waals surface area contributed by atoms with Crippen LogP contribution in [0.15, 0.2) is 91.0 Å². The third-order valence-electron chi connectivity index (χ3n) is 10.1. The van der Waals surface area contributed by atoms with E-state index in [1.165, 1.54) is 72.9 Å². The fraction of sp³-hybridized carbons (Fsp3) is 0.432. The SMILES string of the molecule is CCCCCCCCc1ccc(CNc2ccc3c(c2)CCN3C(=O)c2cccc(CN3CCN(c4ccccc4OC(C)C)CC3)c2)cc1. The zero-order valence-corrected chi connectivity index (χ0v) is 30.5. The zero-order chi connectivity index (χ0) is 34.7. The molecule has 6 nitrogen and oxygen atoms in total. The molecular formula is C44H56N4O2. The van der Waals surface area contributed by atoms with Crippen molar-refractivity contribution in [2.45, 2.75) is 91.3 Å². The van der Waals surface area contributed by atoms with Gasteiger partial charge in [0.05, 0.1) is 11.8 Å². The van der Waals surface area contributed by atoms with Gasteiger partial charge in [0, 0.05) is 62.8 Å². The number of hydrogen-bond donors (Lipinski definition) is 1. The van der Waals surface area contributed by atoms with E-state index in [2.05, 4.69) is 109 Å². The zero-order valence-electron chi connectivity index (χ0n) is 30.5. The third-order valence-corrected chi connectivity index (χ3v) is 10.1. The van der Waals surface area contributed by atoms with Crippen LogP contribution in [-0.2, 0) is 25.9 Å². The first kappa shape index (κ1) is 35.5. The van der Waals surface area contributed by atoms with Gasteiger partial charge in [0.15, 0.2) is 0 Å². The maximum Gasteiger partial charge on any atom is 0.258 e. The minimum Gasteiger partial charge on any atom is -0.489 e. The molecule has 264 valence electrons. The van der Waals surface area contributed by atoms with E-state index in [1.54, 1.807) is 0 Å². The van der Waals surface area contributed by atoms with Crippen molar-refractivity contribution in [3.63, 3.8) is 0 Å². The van der Waals surface area contributed by atoms with Crippen molar-refractivity contribution in [1.29, 1.82) is 0 Å². The first-order valence-electron chi connectivity index (χ1n) is 19.0. The minimum atomic E-state index is 0.0823. The molecule has 0 unspecified atom stereocenters. The lowest BCUT2D eigenvalue weighted by molar-refractivity contribution is 0.0989. The fourth-order valence-corrected chi connectivity index (χ4v) is 7.30. The van der Waals surface area contributed by atoms with E-state index in [-0.39, 0.29) is 12.0 Å². The molecule has 0 aliphatic carbocycles. The summed E-state index contributed by atoms with van der Waals surface area (Å²) in [5.74, 6) is 1.04. The average Bonchev–Trinajstić information content (AvgIpc) is 3.56. The molecule has 1 fully saturated rings. The highest BCUT2D eigenvalue weighted by atomic mass is 16.5. The highest BCUT2D eigenvalue weighted by Crippen LogP contribution is 2.33. The molecule has 2 heterocycles. The van der Waals surface area contributed by atoms with Crippen molar-refractivity contribution in [1.82, 2.24) is 4.90 Å². The predicted molar refractivity (Wildman–Crippen MR) is 209 cm³/mol. The Labute approximate surface area is 300 Å². The van der Waals surface area contributed by atoms with Gasteiger partial charge in [-0.05, 0) is 97.8 Å².